The number of anilines is 1. The summed E-state index contributed by atoms with van der Waals surface area (Å²) in [6.45, 7) is 1.70. The minimum Gasteiger partial charge on any atom is -0.506 e. The number of hydrogen-bond donors (Lipinski definition) is 2. The zero-order valence-electron chi connectivity index (χ0n) is 10.1. The monoisotopic (exact) mass is 297 g/mol. The summed E-state index contributed by atoms with van der Waals surface area (Å²) < 4.78 is 26.7. The summed E-state index contributed by atoms with van der Waals surface area (Å²) in [6.07, 6.45) is 0. The van der Waals surface area contributed by atoms with Crippen LogP contribution < -0.4 is 4.72 Å². The predicted octanol–water partition coefficient (Wildman–Crippen LogP) is 3.15. The third kappa shape index (κ3) is 3.00. The van der Waals surface area contributed by atoms with Gasteiger partial charge in [0.1, 0.15) is 5.75 Å². The zero-order valence-corrected chi connectivity index (χ0v) is 11.7. The smallest absolute Gasteiger partial charge is 0.262 e. The average molecular weight is 298 g/mol. The number of aromatic hydroxyl groups is 1. The van der Waals surface area contributed by atoms with Crippen LogP contribution in [0.3, 0.4) is 0 Å². The fourth-order valence-electron chi connectivity index (χ4n) is 1.65. The molecular formula is C13H12ClNO3S. The molecule has 19 heavy (non-hydrogen) atoms. The van der Waals surface area contributed by atoms with Gasteiger partial charge in [-0.25, -0.2) is 8.42 Å². The van der Waals surface area contributed by atoms with Crippen molar-refractivity contribution in [3.63, 3.8) is 0 Å². The Morgan fingerprint density at radius 2 is 1.84 bits per heavy atom. The number of phenolic OH excluding ortho intramolecular Hbond substituents is 1. The van der Waals surface area contributed by atoms with Crippen molar-refractivity contribution in [1.82, 2.24) is 0 Å². The van der Waals surface area contributed by atoms with Crippen molar-refractivity contribution in [2.45, 2.75) is 11.8 Å². The summed E-state index contributed by atoms with van der Waals surface area (Å²) in [4.78, 5) is 0.171. The molecule has 0 spiro atoms. The summed E-state index contributed by atoms with van der Waals surface area (Å²) in [5.41, 5.74) is 0.719. The van der Waals surface area contributed by atoms with Crippen LogP contribution in [0.25, 0.3) is 0 Å². The van der Waals surface area contributed by atoms with Crippen LogP contribution in [0.4, 0.5) is 5.69 Å². The van der Waals surface area contributed by atoms with E-state index in [4.69, 9.17) is 11.6 Å². The SMILES string of the molecule is Cc1ccccc1S(=O)(=O)Nc1ccc(Cl)cc1O. The molecule has 0 radical (unpaired) electrons. The number of aryl methyl sites for hydroxylation is 1. The van der Waals surface area contributed by atoms with E-state index in [2.05, 4.69) is 4.72 Å². The molecule has 0 aromatic heterocycles. The lowest BCUT2D eigenvalue weighted by atomic mass is 10.2. The number of halogens is 1. The van der Waals surface area contributed by atoms with E-state index in [1.165, 1.54) is 24.3 Å². The van der Waals surface area contributed by atoms with E-state index in [9.17, 15) is 13.5 Å². The van der Waals surface area contributed by atoms with Crippen molar-refractivity contribution in [2.24, 2.45) is 0 Å². The molecule has 0 fully saturated rings. The predicted molar refractivity (Wildman–Crippen MR) is 75.1 cm³/mol. The first-order valence-corrected chi connectivity index (χ1v) is 7.33. The maximum atomic E-state index is 12.2. The molecule has 2 N–H and O–H groups in total. The lowest BCUT2D eigenvalue weighted by Crippen LogP contribution is -2.14. The van der Waals surface area contributed by atoms with Gasteiger partial charge >= 0.3 is 0 Å². The van der Waals surface area contributed by atoms with Crippen molar-refractivity contribution in [1.29, 1.82) is 0 Å². The van der Waals surface area contributed by atoms with Crippen LogP contribution in [0.1, 0.15) is 5.56 Å². The number of sulfonamides is 1. The maximum Gasteiger partial charge on any atom is 0.262 e. The van der Waals surface area contributed by atoms with E-state index in [0.717, 1.165) is 0 Å². The van der Waals surface area contributed by atoms with Gasteiger partial charge in [-0.05, 0) is 30.7 Å². The summed E-state index contributed by atoms with van der Waals surface area (Å²) >= 11 is 5.69. The van der Waals surface area contributed by atoms with Gasteiger partial charge in [-0.2, -0.15) is 0 Å². The van der Waals surface area contributed by atoms with Crippen LogP contribution in [0.2, 0.25) is 5.02 Å². The van der Waals surface area contributed by atoms with E-state index in [1.54, 1.807) is 25.1 Å². The first-order chi connectivity index (χ1) is 8.90. The molecule has 0 saturated heterocycles. The Morgan fingerprint density at radius 1 is 1.16 bits per heavy atom. The number of benzene rings is 2. The summed E-state index contributed by atoms with van der Waals surface area (Å²) in [6, 6.07) is 10.8. The maximum absolute atomic E-state index is 12.2. The normalized spacial score (nSPS) is 11.3. The average Bonchev–Trinajstić information content (AvgIpc) is 2.33. The van der Waals surface area contributed by atoms with E-state index in [0.29, 0.717) is 10.6 Å². The van der Waals surface area contributed by atoms with Gasteiger partial charge in [-0.3, -0.25) is 4.72 Å². The number of hydrogen-bond acceptors (Lipinski definition) is 3. The second-order valence-corrected chi connectivity index (χ2v) is 6.12. The highest BCUT2D eigenvalue weighted by atomic mass is 35.5. The number of nitrogens with one attached hydrogen (secondary N) is 1. The largest absolute Gasteiger partial charge is 0.506 e. The zero-order chi connectivity index (χ0) is 14.0. The van der Waals surface area contributed by atoms with Crippen molar-refractivity contribution in [3.05, 3.63) is 53.1 Å². The molecule has 6 heteroatoms. The molecule has 0 amide bonds. The van der Waals surface area contributed by atoms with Crippen molar-refractivity contribution in [2.75, 3.05) is 4.72 Å². The van der Waals surface area contributed by atoms with Gasteiger partial charge in [0.25, 0.3) is 10.0 Å². The third-order valence-electron chi connectivity index (χ3n) is 2.59. The standard InChI is InChI=1S/C13H12ClNO3S/c1-9-4-2-3-5-13(9)19(17,18)15-11-7-6-10(14)8-12(11)16/h2-8,15-16H,1H3. The highest BCUT2D eigenvalue weighted by Gasteiger charge is 2.17. The van der Waals surface area contributed by atoms with Crippen LogP contribution in [0, 0.1) is 6.92 Å². The van der Waals surface area contributed by atoms with Gasteiger partial charge in [0.2, 0.25) is 0 Å². The molecule has 100 valence electrons. The highest BCUT2D eigenvalue weighted by Crippen LogP contribution is 2.29. The third-order valence-corrected chi connectivity index (χ3v) is 4.35. The quantitative estimate of drug-likeness (QED) is 0.855. The topological polar surface area (TPSA) is 66.4 Å². The Kier molecular flexibility index (Phi) is 3.68. The Hall–Kier alpha value is -1.72. The second kappa shape index (κ2) is 5.11. The minimum absolute atomic E-state index is 0.0904. The van der Waals surface area contributed by atoms with Crippen LogP contribution in [-0.4, -0.2) is 13.5 Å². The van der Waals surface area contributed by atoms with Crippen molar-refractivity contribution in [3.8, 4) is 5.75 Å². The molecule has 2 aromatic rings. The molecule has 0 saturated carbocycles. The van der Waals surface area contributed by atoms with Gasteiger partial charge in [0.15, 0.2) is 0 Å². The lowest BCUT2D eigenvalue weighted by molar-refractivity contribution is 0.477. The second-order valence-electron chi connectivity index (χ2n) is 4.03. The van der Waals surface area contributed by atoms with Gasteiger partial charge in [-0.1, -0.05) is 29.8 Å². The van der Waals surface area contributed by atoms with Gasteiger partial charge in [0.05, 0.1) is 10.6 Å². The first kappa shape index (κ1) is 13.7. The summed E-state index contributed by atoms with van der Waals surface area (Å²) in [7, 11) is -3.73. The van der Waals surface area contributed by atoms with E-state index >= 15 is 0 Å². The summed E-state index contributed by atoms with van der Waals surface area (Å²) in [5, 5.41) is 9.99. The Labute approximate surface area is 116 Å². The van der Waals surface area contributed by atoms with Crippen LogP contribution >= 0.6 is 11.6 Å². The molecule has 0 aliphatic rings. The summed E-state index contributed by atoms with van der Waals surface area (Å²) in [5.74, 6) is -0.218. The van der Waals surface area contributed by atoms with Crippen LogP contribution in [0.15, 0.2) is 47.4 Å². The highest BCUT2D eigenvalue weighted by molar-refractivity contribution is 7.92. The molecule has 0 bridgehead atoms. The number of rotatable bonds is 3. The molecule has 2 aromatic carbocycles. The van der Waals surface area contributed by atoms with Gasteiger partial charge in [-0.15, -0.1) is 0 Å². The Bertz CT molecular complexity index is 714. The fraction of sp³-hybridized carbons (Fsp3) is 0.0769. The van der Waals surface area contributed by atoms with Crippen molar-refractivity contribution < 1.29 is 13.5 Å². The Morgan fingerprint density at radius 3 is 2.47 bits per heavy atom. The molecular weight excluding hydrogens is 286 g/mol. The van der Waals surface area contributed by atoms with E-state index in [1.807, 2.05) is 0 Å². The molecule has 2 rings (SSSR count). The molecule has 4 nitrogen and oxygen atoms in total. The Balaban J connectivity index is 2.40. The van der Waals surface area contributed by atoms with E-state index in [-0.39, 0.29) is 16.3 Å². The lowest BCUT2D eigenvalue weighted by Gasteiger charge is -2.11. The van der Waals surface area contributed by atoms with Gasteiger partial charge < -0.3 is 5.11 Å². The fourth-order valence-corrected chi connectivity index (χ4v) is 3.14. The molecule has 0 aliphatic heterocycles. The first-order valence-electron chi connectivity index (χ1n) is 5.47. The molecule has 0 heterocycles. The van der Waals surface area contributed by atoms with E-state index < -0.39 is 10.0 Å². The molecule has 0 atom stereocenters. The van der Waals surface area contributed by atoms with Gasteiger partial charge in [0, 0.05) is 11.1 Å². The molecule has 0 aliphatic carbocycles. The minimum atomic E-state index is -3.73. The van der Waals surface area contributed by atoms with Crippen molar-refractivity contribution >= 4 is 27.3 Å². The molecule has 0 unspecified atom stereocenters. The van der Waals surface area contributed by atoms with Crippen LogP contribution in [0.5, 0.6) is 5.75 Å². The number of phenols is 1. The van der Waals surface area contributed by atoms with Crippen LogP contribution in [-0.2, 0) is 10.0 Å².